The molecule has 0 radical (unpaired) electrons. The molecule has 21 heavy (non-hydrogen) atoms. The second kappa shape index (κ2) is 5.23. The lowest BCUT2D eigenvalue weighted by Gasteiger charge is -2.33. The van der Waals surface area contributed by atoms with Crippen molar-refractivity contribution in [2.24, 2.45) is 0 Å². The lowest BCUT2D eigenvalue weighted by atomic mass is 10.1. The number of thiophene rings is 1. The van der Waals surface area contributed by atoms with Crippen molar-refractivity contribution in [2.45, 2.75) is 26.1 Å². The smallest absolute Gasteiger partial charge is 0.328 e. The first-order chi connectivity index (χ1) is 9.97. The highest BCUT2D eigenvalue weighted by Gasteiger charge is 2.37. The van der Waals surface area contributed by atoms with E-state index in [9.17, 15) is 14.7 Å². The number of aromatic nitrogens is 3. The van der Waals surface area contributed by atoms with E-state index < -0.39 is 12.0 Å². The molecule has 0 fully saturated rings. The fraction of sp³-hybridized carbons (Fsp3) is 0.333. The summed E-state index contributed by atoms with van der Waals surface area (Å²) in [6, 6.07) is 0.775. The Morgan fingerprint density at radius 1 is 1.48 bits per heavy atom. The van der Waals surface area contributed by atoms with Gasteiger partial charge in [-0.3, -0.25) is 4.79 Å². The third-order valence-corrected chi connectivity index (χ3v) is 5.06. The molecule has 7 nitrogen and oxygen atoms in total. The van der Waals surface area contributed by atoms with Crippen LogP contribution in [0.3, 0.4) is 0 Å². The summed E-state index contributed by atoms with van der Waals surface area (Å²) in [6.45, 7) is 2.08. The van der Waals surface area contributed by atoms with Gasteiger partial charge >= 0.3 is 5.97 Å². The van der Waals surface area contributed by atoms with E-state index in [-0.39, 0.29) is 19.0 Å². The quantitative estimate of drug-likeness (QED) is 0.865. The van der Waals surface area contributed by atoms with Gasteiger partial charge in [-0.05, 0) is 28.9 Å². The van der Waals surface area contributed by atoms with Crippen molar-refractivity contribution in [3.63, 3.8) is 0 Å². The van der Waals surface area contributed by atoms with Crippen LogP contribution in [0.1, 0.15) is 21.3 Å². The zero-order chi connectivity index (χ0) is 15.1. The lowest BCUT2D eigenvalue weighted by molar-refractivity contribution is -0.143. The summed E-state index contributed by atoms with van der Waals surface area (Å²) in [5, 5.41) is 19.1. The molecule has 0 saturated carbocycles. The monoisotopic (exact) mass is 370 g/mol. The van der Waals surface area contributed by atoms with Gasteiger partial charge in [0.1, 0.15) is 11.9 Å². The maximum absolute atomic E-state index is 12.5. The van der Waals surface area contributed by atoms with E-state index in [4.69, 9.17) is 0 Å². The Kier molecular flexibility index (Phi) is 3.54. The number of carboxylic acids is 1. The van der Waals surface area contributed by atoms with Crippen LogP contribution >= 0.6 is 27.3 Å². The third kappa shape index (κ3) is 2.46. The zero-order valence-electron chi connectivity index (χ0n) is 11.0. The summed E-state index contributed by atoms with van der Waals surface area (Å²) in [5.74, 6) is -0.0705. The number of aryl methyl sites for hydroxylation is 1. The minimum absolute atomic E-state index is 0.145. The Labute approximate surface area is 132 Å². The first-order valence-corrected chi connectivity index (χ1v) is 7.81. The molecule has 1 aliphatic heterocycles. The van der Waals surface area contributed by atoms with Gasteiger partial charge in [-0.2, -0.15) is 0 Å². The molecule has 9 heteroatoms. The Morgan fingerprint density at radius 2 is 2.24 bits per heavy atom. The molecule has 1 unspecified atom stereocenters. The van der Waals surface area contributed by atoms with Gasteiger partial charge in [0.15, 0.2) is 5.82 Å². The van der Waals surface area contributed by atoms with Crippen LogP contribution < -0.4 is 0 Å². The van der Waals surface area contributed by atoms with Gasteiger partial charge in [-0.25, -0.2) is 4.79 Å². The van der Waals surface area contributed by atoms with E-state index in [0.717, 1.165) is 4.47 Å². The highest BCUT2D eigenvalue weighted by molar-refractivity contribution is 9.10. The van der Waals surface area contributed by atoms with E-state index in [1.165, 1.54) is 16.2 Å². The van der Waals surface area contributed by atoms with Crippen molar-refractivity contribution in [2.75, 3.05) is 0 Å². The molecule has 1 N–H and O–H groups in total. The van der Waals surface area contributed by atoms with Crippen LogP contribution in [0.25, 0.3) is 0 Å². The molecule has 1 atom stereocenters. The van der Waals surface area contributed by atoms with Crippen LogP contribution in [0.15, 0.2) is 15.9 Å². The standard InChI is InChI=1S/C12H11BrN4O3S/c1-6-14-15-10-4-17(8(12(19)20)3-16(6)10)11(18)9-2-7(13)5-21-9/h2,5,8H,3-4H2,1H3,(H,19,20). The molecule has 1 aliphatic rings. The first kappa shape index (κ1) is 14.2. The SMILES string of the molecule is Cc1nnc2n1CC(C(=O)O)N(C(=O)c1cc(Br)cs1)C2. The Morgan fingerprint density at radius 3 is 2.86 bits per heavy atom. The van der Waals surface area contributed by atoms with Crippen LogP contribution in [-0.2, 0) is 17.9 Å². The summed E-state index contributed by atoms with van der Waals surface area (Å²) in [5.41, 5.74) is 0. The maximum Gasteiger partial charge on any atom is 0.328 e. The lowest BCUT2D eigenvalue weighted by Crippen LogP contribution is -2.50. The Bertz CT molecular complexity index is 726. The van der Waals surface area contributed by atoms with E-state index in [2.05, 4.69) is 26.1 Å². The average molecular weight is 371 g/mol. The van der Waals surface area contributed by atoms with Crippen molar-refractivity contribution >= 4 is 39.1 Å². The third-order valence-electron chi connectivity index (χ3n) is 3.38. The molecule has 0 spiro atoms. The van der Waals surface area contributed by atoms with Gasteiger partial charge < -0.3 is 14.6 Å². The van der Waals surface area contributed by atoms with Gasteiger partial charge in [0.25, 0.3) is 5.91 Å². The minimum Gasteiger partial charge on any atom is -0.480 e. The van der Waals surface area contributed by atoms with Crippen LogP contribution in [-0.4, -0.2) is 42.7 Å². The van der Waals surface area contributed by atoms with Crippen LogP contribution in [0, 0.1) is 6.92 Å². The molecule has 0 aromatic carbocycles. The van der Waals surface area contributed by atoms with Gasteiger partial charge in [0.05, 0.1) is 18.0 Å². The highest BCUT2D eigenvalue weighted by atomic mass is 79.9. The Hall–Kier alpha value is -1.74. The first-order valence-electron chi connectivity index (χ1n) is 6.14. The van der Waals surface area contributed by atoms with Gasteiger partial charge in [-0.15, -0.1) is 21.5 Å². The fourth-order valence-electron chi connectivity index (χ4n) is 2.30. The summed E-state index contributed by atoms with van der Waals surface area (Å²) < 4.78 is 2.55. The number of aliphatic carboxylic acids is 1. The number of carbonyl (C=O) groups excluding carboxylic acids is 1. The normalized spacial score (nSPS) is 17.6. The predicted molar refractivity (Wildman–Crippen MR) is 78.1 cm³/mol. The largest absolute Gasteiger partial charge is 0.480 e. The second-order valence-corrected chi connectivity index (χ2v) is 6.52. The molecule has 2 aromatic heterocycles. The number of halogens is 1. The Balaban J connectivity index is 1.96. The number of hydrogen-bond acceptors (Lipinski definition) is 5. The number of nitrogens with zero attached hydrogens (tertiary/aromatic N) is 4. The second-order valence-electron chi connectivity index (χ2n) is 4.69. The summed E-state index contributed by atoms with van der Waals surface area (Å²) in [4.78, 5) is 25.9. The van der Waals surface area contributed by atoms with Crippen molar-refractivity contribution in [3.8, 4) is 0 Å². The molecule has 1 amide bonds. The number of hydrogen-bond donors (Lipinski definition) is 1. The van der Waals surface area contributed by atoms with Gasteiger partial charge in [-0.1, -0.05) is 0 Å². The van der Waals surface area contributed by atoms with Crippen LogP contribution in [0.4, 0.5) is 0 Å². The van der Waals surface area contributed by atoms with E-state index in [1.807, 2.05) is 0 Å². The van der Waals surface area contributed by atoms with E-state index >= 15 is 0 Å². The van der Waals surface area contributed by atoms with Crippen molar-refractivity contribution < 1.29 is 14.7 Å². The van der Waals surface area contributed by atoms with Crippen LogP contribution in [0.2, 0.25) is 0 Å². The molecule has 2 aromatic rings. The number of rotatable bonds is 2. The number of carboxylic acid groups (broad SMARTS) is 1. The van der Waals surface area contributed by atoms with E-state index in [1.54, 1.807) is 22.9 Å². The number of amides is 1. The molecule has 110 valence electrons. The minimum atomic E-state index is -1.03. The van der Waals surface area contributed by atoms with Crippen molar-refractivity contribution in [1.29, 1.82) is 0 Å². The molecule has 3 rings (SSSR count). The highest BCUT2D eigenvalue weighted by Crippen LogP contribution is 2.25. The van der Waals surface area contributed by atoms with E-state index in [0.29, 0.717) is 16.5 Å². The fourth-order valence-corrected chi connectivity index (χ4v) is 3.69. The zero-order valence-corrected chi connectivity index (χ0v) is 13.4. The number of carbonyl (C=O) groups is 2. The average Bonchev–Trinajstić information content (AvgIpc) is 3.03. The summed E-state index contributed by atoms with van der Waals surface area (Å²) in [6.07, 6.45) is 0. The summed E-state index contributed by atoms with van der Waals surface area (Å²) in [7, 11) is 0. The molecule has 0 saturated heterocycles. The molecular formula is C12H11BrN4O3S. The van der Waals surface area contributed by atoms with Crippen molar-refractivity contribution in [1.82, 2.24) is 19.7 Å². The molecule has 0 aliphatic carbocycles. The molecular weight excluding hydrogens is 360 g/mol. The molecule has 0 bridgehead atoms. The van der Waals surface area contributed by atoms with Crippen molar-refractivity contribution in [3.05, 3.63) is 32.4 Å². The topological polar surface area (TPSA) is 88.3 Å². The predicted octanol–water partition coefficient (Wildman–Crippen LogP) is 1.52. The van der Waals surface area contributed by atoms with Gasteiger partial charge in [0.2, 0.25) is 0 Å². The maximum atomic E-state index is 12.5. The van der Waals surface area contributed by atoms with Crippen LogP contribution in [0.5, 0.6) is 0 Å². The van der Waals surface area contributed by atoms with Gasteiger partial charge in [0, 0.05) is 9.85 Å². The molecule has 3 heterocycles. The number of fused-ring (bicyclic) bond motifs is 1. The summed E-state index contributed by atoms with van der Waals surface area (Å²) >= 11 is 4.57.